The number of rotatable bonds is 7. The van der Waals surface area contributed by atoms with Crippen molar-refractivity contribution in [2.75, 3.05) is 27.4 Å². The number of carbonyl (C=O) groups is 2. The van der Waals surface area contributed by atoms with Crippen LogP contribution in [0.15, 0.2) is 18.2 Å². The van der Waals surface area contributed by atoms with Crippen LogP contribution in [0.1, 0.15) is 42.5 Å². The van der Waals surface area contributed by atoms with Crippen LogP contribution < -0.4 is 9.47 Å². The fourth-order valence-corrected chi connectivity index (χ4v) is 3.14. The molecule has 1 fully saturated rings. The van der Waals surface area contributed by atoms with E-state index in [4.69, 9.17) is 15.9 Å². The Labute approximate surface area is 154 Å². The zero-order valence-corrected chi connectivity index (χ0v) is 15.3. The monoisotopic (exact) mass is 359 g/mol. The zero-order valence-electron chi connectivity index (χ0n) is 15.3. The van der Waals surface area contributed by atoms with E-state index >= 15 is 0 Å². The summed E-state index contributed by atoms with van der Waals surface area (Å²) in [6.45, 7) is 0.00901. The molecule has 6 nitrogen and oxygen atoms in total. The highest BCUT2D eigenvalue weighted by Crippen LogP contribution is 2.30. The fourth-order valence-electron chi connectivity index (χ4n) is 3.14. The van der Waals surface area contributed by atoms with E-state index in [2.05, 4.69) is 10.7 Å². The first-order valence-corrected chi connectivity index (χ1v) is 8.72. The third-order valence-corrected chi connectivity index (χ3v) is 4.52. The van der Waals surface area contributed by atoms with E-state index in [0.29, 0.717) is 17.1 Å². The van der Waals surface area contributed by atoms with Crippen LogP contribution in [-0.2, 0) is 9.53 Å². The highest BCUT2D eigenvalue weighted by atomic mass is 16.6. The number of amides is 1. The van der Waals surface area contributed by atoms with Crippen molar-refractivity contribution in [3.05, 3.63) is 23.8 Å². The molecule has 0 bridgehead atoms. The summed E-state index contributed by atoms with van der Waals surface area (Å²) in [5.74, 6) is 2.69. The van der Waals surface area contributed by atoms with Gasteiger partial charge in [0.1, 0.15) is 0 Å². The van der Waals surface area contributed by atoms with E-state index in [1.165, 1.54) is 20.6 Å². The van der Waals surface area contributed by atoms with E-state index in [1.54, 1.807) is 23.1 Å². The Morgan fingerprint density at radius 1 is 1.19 bits per heavy atom. The number of nitrogens with zero attached hydrogens (tertiary/aromatic N) is 1. The van der Waals surface area contributed by atoms with Gasteiger partial charge in [0.25, 0.3) is 5.91 Å². The van der Waals surface area contributed by atoms with Crippen LogP contribution in [-0.4, -0.2) is 50.2 Å². The second-order valence-corrected chi connectivity index (χ2v) is 6.16. The molecule has 0 aromatic heterocycles. The predicted octanol–water partition coefficient (Wildman–Crippen LogP) is 2.66. The molecule has 26 heavy (non-hydrogen) atoms. The molecule has 1 saturated carbocycles. The van der Waals surface area contributed by atoms with Gasteiger partial charge in [0.05, 0.1) is 20.8 Å². The number of hydrogen-bond donors (Lipinski definition) is 0. The summed E-state index contributed by atoms with van der Waals surface area (Å²) in [5, 5.41) is 0. The molecule has 0 spiro atoms. The zero-order chi connectivity index (χ0) is 18.9. The lowest BCUT2D eigenvalue weighted by atomic mass is 9.93. The molecule has 1 amide bonds. The molecule has 140 valence electrons. The molecular weight excluding hydrogens is 334 g/mol. The molecule has 6 heteroatoms. The van der Waals surface area contributed by atoms with Crippen LogP contribution in [0.25, 0.3) is 0 Å². The van der Waals surface area contributed by atoms with E-state index in [-0.39, 0.29) is 25.1 Å². The molecule has 0 radical (unpaired) electrons. The molecule has 0 unspecified atom stereocenters. The lowest BCUT2D eigenvalue weighted by Gasteiger charge is -2.33. The van der Waals surface area contributed by atoms with Gasteiger partial charge in [0.2, 0.25) is 0 Å². The number of benzene rings is 1. The van der Waals surface area contributed by atoms with E-state index < -0.39 is 5.97 Å². The van der Waals surface area contributed by atoms with Crippen LogP contribution in [0.5, 0.6) is 11.5 Å². The van der Waals surface area contributed by atoms with Crippen LogP contribution >= 0.6 is 0 Å². The van der Waals surface area contributed by atoms with Crippen molar-refractivity contribution in [2.24, 2.45) is 0 Å². The topological polar surface area (TPSA) is 65.1 Å². The second kappa shape index (κ2) is 9.71. The maximum Gasteiger partial charge on any atom is 0.343 e. The summed E-state index contributed by atoms with van der Waals surface area (Å²) in [7, 11) is 2.78. The van der Waals surface area contributed by atoms with Gasteiger partial charge >= 0.3 is 5.97 Å². The van der Waals surface area contributed by atoms with Gasteiger partial charge in [-0.1, -0.05) is 25.2 Å². The second-order valence-electron chi connectivity index (χ2n) is 6.16. The summed E-state index contributed by atoms with van der Waals surface area (Å²) in [6, 6.07) is 5.07. The fraction of sp³-hybridized carbons (Fsp3) is 0.500. The molecule has 1 aromatic rings. The summed E-state index contributed by atoms with van der Waals surface area (Å²) in [5.41, 5.74) is 0.450. The Kier molecular flexibility index (Phi) is 7.34. The lowest BCUT2D eigenvalue weighted by molar-refractivity contribution is -0.142. The highest BCUT2D eigenvalue weighted by Gasteiger charge is 2.26. The number of terminal acetylenes is 1. The van der Waals surface area contributed by atoms with Gasteiger partial charge in [-0.15, -0.1) is 6.42 Å². The van der Waals surface area contributed by atoms with Crippen LogP contribution in [0, 0.1) is 12.3 Å². The number of ether oxygens (including phenoxy) is 3. The van der Waals surface area contributed by atoms with Gasteiger partial charge in [-0.05, 0) is 31.0 Å². The van der Waals surface area contributed by atoms with Crippen molar-refractivity contribution in [1.29, 1.82) is 0 Å². The molecule has 0 N–H and O–H groups in total. The smallest absolute Gasteiger partial charge is 0.343 e. The summed E-state index contributed by atoms with van der Waals surface area (Å²) in [6.07, 6.45) is 10.8. The molecule has 1 aliphatic carbocycles. The molecule has 0 saturated heterocycles. The molecule has 0 aliphatic heterocycles. The van der Waals surface area contributed by atoms with Crippen molar-refractivity contribution >= 4 is 11.9 Å². The largest absolute Gasteiger partial charge is 0.493 e. The average molecular weight is 359 g/mol. The number of esters is 1. The normalized spacial score (nSPS) is 14.2. The minimum absolute atomic E-state index is 0.138. The first-order chi connectivity index (χ1) is 12.6. The Hall–Kier alpha value is -2.68. The number of methoxy groups -OCH3 is 2. The average Bonchev–Trinajstić information content (AvgIpc) is 2.70. The molecule has 2 rings (SSSR count). The van der Waals surface area contributed by atoms with Crippen molar-refractivity contribution in [3.8, 4) is 23.8 Å². The minimum atomic E-state index is -0.514. The summed E-state index contributed by atoms with van der Waals surface area (Å²) in [4.78, 5) is 26.1. The van der Waals surface area contributed by atoms with Crippen molar-refractivity contribution in [2.45, 2.75) is 38.1 Å². The minimum Gasteiger partial charge on any atom is -0.493 e. The van der Waals surface area contributed by atoms with Gasteiger partial charge in [-0.2, -0.15) is 0 Å². The maximum atomic E-state index is 13.0. The van der Waals surface area contributed by atoms with Crippen LogP contribution in [0.4, 0.5) is 0 Å². The molecule has 1 aromatic carbocycles. The number of hydrogen-bond acceptors (Lipinski definition) is 5. The lowest BCUT2D eigenvalue weighted by Crippen LogP contribution is -2.41. The van der Waals surface area contributed by atoms with Crippen molar-refractivity contribution in [3.63, 3.8) is 0 Å². The summed E-state index contributed by atoms with van der Waals surface area (Å²) >= 11 is 0. The first kappa shape index (κ1) is 19.6. The first-order valence-electron chi connectivity index (χ1n) is 8.72. The maximum absolute atomic E-state index is 13.0. The molecule has 0 atom stereocenters. The Morgan fingerprint density at radius 3 is 2.54 bits per heavy atom. The summed E-state index contributed by atoms with van der Waals surface area (Å²) < 4.78 is 15.3. The van der Waals surface area contributed by atoms with Gasteiger partial charge < -0.3 is 19.1 Å². The van der Waals surface area contributed by atoms with Crippen molar-refractivity contribution in [1.82, 2.24) is 4.90 Å². The third-order valence-electron chi connectivity index (χ3n) is 4.52. The van der Waals surface area contributed by atoms with Gasteiger partial charge in [0, 0.05) is 11.6 Å². The Balaban J connectivity index is 2.22. The Morgan fingerprint density at radius 2 is 1.92 bits per heavy atom. The standard InChI is InChI=1S/C20H25NO5/c1-4-12-21(16-8-6-5-7-9-16)20(23)15-10-11-17(24-2)18(13-15)26-14-19(22)25-3/h1,10-11,13,16H,5-9,12,14H2,2-3H3. The van der Waals surface area contributed by atoms with E-state index in [9.17, 15) is 9.59 Å². The Bertz CT molecular complexity index is 673. The highest BCUT2D eigenvalue weighted by molar-refractivity contribution is 5.95. The van der Waals surface area contributed by atoms with Gasteiger partial charge in [0.15, 0.2) is 18.1 Å². The van der Waals surface area contributed by atoms with E-state index in [1.807, 2.05) is 0 Å². The quantitative estimate of drug-likeness (QED) is 0.553. The molecular formula is C20H25NO5. The molecule has 0 heterocycles. The van der Waals surface area contributed by atoms with Gasteiger partial charge in [-0.25, -0.2) is 4.79 Å². The van der Waals surface area contributed by atoms with Crippen LogP contribution in [0.3, 0.4) is 0 Å². The van der Waals surface area contributed by atoms with Crippen LogP contribution in [0.2, 0.25) is 0 Å². The SMILES string of the molecule is C#CCN(C(=O)c1ccc(OC)c(OCC(=O)OC)c1)C1CCCCC1. The third kappa shape index (κ3) is 4.92. The van der Waals surface area contributed by atoms with Crippen molar-refractivity contribution < 1.29 is 23.8 Å². The van der Waals surface area contributed by atoms with Gasteiger partial charge in [-0.3, -0.25) is 4.79 Å². The molecule has 1 aliphatic rings. The van der Waals surface area contributed by atoms with E-state index in [0.717, 1.165) is 25.7 Å². The predicted molar refractivity (Wildman–Crippen MR) is 97.2 cm³/mol. The number of carbonyl (C=O) groups excluding carboxylic acids is 2.